The second kappa shape index (κ2) is 5.08. The van der Waals surface area contributed by atoms with Crippen LogP contribution in [0.15, 0.2) is 42.5 Å². The lowest BCUT2D eigenvalue weighted by Gasteiger charge is -2.23. The van der Waals surface area contributed by atoms with Gasteiger partial charge in [-0.05, 0) is 36.5 Å². The third-order valence-electron chi connectivity index (χ3n) is 3.32. The molecule has 100 valence electrons. The monoisotopic (exact) mass is 254 g/mol. The molecule has 0 unspecified atom stereocenters. The van der Waals surface area contributed by atoms with Gasteiger partial charge in [-0.15, -0.1) is 0 Å². The summed E-state index contributed by atoms with van der Waals surface area (Å²) in [6, 6.07) is 14.5. The molecule has 1 heteroatoms. The zero-order valence-corrected chi connectivity index (χ0v) is 12.4. The third-order valence-corrected chi connectivity index (χ3v) is 3.32. The zero-order chi connectivity index (χ0) is 14.0. The molecule has 0 spiro atoms. The maximum Gasteiger partial charge on any atom is 0.133 e. The number of aryl methyl sites for hydroxylation is 2. The molecule has 2 rings (SSSR count). The Kier molecular flexibility index (Phi) is 3.66. The molecule has 0 heterocycles. The molecule has 0 aliphatic heterocycles. The van der Waals surface area contributed by atoms with Gasteiger partial charge in [-0.1, -0.05) is 57.2 Å². The summed E-state index contributed by atoms with van der Waals surface area (Å²) in [5.74, 6) is 1.92. The largest absolute Gasteiger partial charge is 0.457 e. The highest BCUT2D eigenvalue weighted by molar-refractivity contribution is 5.46. The minimum absolute atomic E-state index is 0.0766. The Hall–Kier alpha value is -1.76. The Morgan fingerprint density at radius 1 is 0.789 bits per heavy atom. The maximum absolute atomic E-state index is 6.20. The molecule has 0 saturated carbocycles. The Morgan fingerprint density at radius 3 is 1.95 bits per heavy atom. The van der Waals surface area contributed by atoms with Gasteiger partial charge in [-0.2, -0.15) is 0 Å². The first-order valence-corrected chi connectivity index (χ1v) is 6.73. The molecule has 2 aromatic carbocycles. The lowest BCUT2D eigenvalue weighted by molar-refractivity contribution is 0.449. The van der Waals surface area contributed by atoms with Gasteiger partial charge in [-0.25, -0.2) is 0 Å². The molecule has 1 nitrogen and oxygen atoms in total. The van der Waals surface area contributed by atoms with Crippen LogP contribution in [0, 0.1) is 13.8 Å². The van der Waals surface area contributed by atoms with Crippen LogP contribution in [0.2, 0.25) is 0 Å². The van der Waals surface area contributed by atoms with E-state index in [1.165, 1.54) is 16.7 Å². The van der Waals surface area contributed by atoms with Gasteiger partial charge >= 0.3 is 0 Å². The number of benzene rings is 2. The summed E-state index contributed by atoms with van der Waals surface area (Å²) >= 11 is 0. The molecule has 0 saturated heterocycles. The molecule has 0 N–H and O–H groups in total. The van der Waals surface area contributed by atoms with E-state index in [1.54, 1.807) is 0 Å². The van der Waals surface area contributed by atoms with Gasteiger partial charge in [0.25, 0.3) is 0 Å². The first-order chi connectivity index (χ1) is 8.89. The van der Waals surface area contributed by atoms with Crippen LogP contribution in [-0.2, 0) is 5.41 Å². The molecule has 0 bridgehead atoms. The Bertz CT molecular complexity index is 556. The first-order valence-electron chi connectivity index (χ1n) is 6.73. The summed E-state index contributed by atoms with van der Waals surface area (Å²) in [7, 11) is 0. The average molecular weight is 254 g/mol. The Balaban J connectivity index is 2.45. The average Bonchev–Trinajstić information content (AvgIpc) is 2.33. The molecule has 0 aliphatic carbocycles. The number of ether oxygens (including phenoxy) is 1. The van der Waals surface area contributed by atoms with E-state index >= 15 is 0 Å². The van der Waals surface area contributed by atoms with Gasteiger partial charge < -0.3 is 4.74 Å². The Labute approximate surface area is 116 Å². The van der Waals surface area contributed by atoms with E-state index in [9.17, 15) is 0 Å². The van der Waals surface area contributed by atoms with Crippen molar-refractivity contribution in [3.8, 4) is 11.5 Å². The van der Waals surface area contributed by atoms with Crippen LogP contribution in [0.5, 0.6) is 11.5 Å². The smallest absolute Gasteiger partial charge is 0.133 e. The minimum Gasteiger partial charge on any atom is -0.457 e. The summed E-state index contributed by atoms with van der Waals surface area (Å²) in [5.41, 5.74) is 3.65. The molecule has 0 aromatic heterocycles. The van der Waals surface area contributed by atoms with Crippen LogP contribution in [0.25, 0.3) is 0 Å². The minimum atomic E-state index is 0.0766. The first kappa shape index (κ1) is 13.7. The van der Waals surface area contributed by atoms with Gasteiger partial charge in [0, 0.05) is 5.56 Å². The van der Waals surface area contributed by atoms with Crippen molar-refractivity contribution in [2.75, 3.05) is 0 Å². The van der Waals surface area contributed by atoms with E-state index in [0.29, 0.717) is 0 Å². The topological polar surface area (TPSA) is 9.23 Å². The van der Waals surface area contributed by atoms with Gasteiger partial charge in [-0.3, -0.25) is 0 Å². The highest BCUT2D eigenvalue weighted by Crippen LogP contribution is 2.36. The second-order valence-electron chi connectivity index (χ2n) is 6.07. The highest BCUT2D eigenvalue weighted by atomic mass is 16.5. The summed E-state index contributed by atoms with van der Waals surface area (Å²) in [4.78, 5) is 0. The second-order valence-corrected chi connectivity index (χ2v) is 6.07. The maximum atomic E-state index is 6.20. The van der Waals surface area contributed by atoms with E-state index in [-0.39, 0.29) is 5.41 Å². The number of hydrogen-bond donors (Lipinski definition) is 0. The molecule has 0 radical (unpaired) electrons. The van der Waals surface area contributed by atoms with Crippen molar-refractivity contribution in [3.63, 3.8) is 0 Å². The van der Waals surface area contributed by atoms with Crippen molar-refractivity contribution in [1.29, 1.82) is 0 Å². The molecular formula is C18H22O. The SMILES string of the molecule is Cc1cccc(C)c1Oc1ccccc1C(C)(C)C. The van der Waals surface area contributed by atoms with Crippen LogP contribution in [0.4, 0.5) is 0 Å². The van der Waals surface area contributed by atoms with E-state index in [1.807, 2.05) is 12.1 Å². The lowest BCUT2D eigenvalue weighted by Crippen LogP contribution is -2.12. The van der Waals surface area contributed by atoms with Crippen molar-refractivity contribution in [3.05, 3.63) is 59.2 Å². The fourth-order valence-corrected chi connectivity index (χ4v) is 2.25. The van der Waals surface area contributed by atoms with Gasteiger partial charge in [0.05, 0.1) is 0 Å². The van der Waals surface area contributed by atoms with Crippen molar-refractivity contribution in [2.45, 2.75) is 40.0 Å². The molecular weight excluding hydrogens is 232 g/mol. The molecule has 0 atom stereocenters. The van der Waals surface area contributed by atoms with E-state index < -0.39 is 0 Å². The molecule has 2 aromatic rings. The Morgan fingerprint density at radius 2 is 1.37 bits per heavy atom. The summed E-state index contributed by atoms with van der Waals surface area (Å²) in [6.07, 6.45) is 0. The van der Waals surface area contributed by atoms with Crippen LogP contribution in [-0.4, -0.2) is 0 Å². The quantitative estimate of drug-likeness (QED) is 0.697. The lowest BCUT2D eigenvalue weighted by atomic mass is 9.86. The number of hydrogen-bond acceptors (Lipinski definition) is 1. The molecule has 0 fully saturated rings. The normalized spacial score (nSPS) is 11.4. The summed E-state index contributed by atoms with van der Waals surface area (Å²) in [6.45, 7) is 10.8. The summed E-state index contributed by atoms with van der Waals surface area (Å²) in [5, 5.41) is 0. The van der Waals surface area contributed by atoms with Crippen LogP contribution >= 0.6 is 0 Å². The van der Waals surface area contributed by atoms with Crippen LogP contribution in [0.1, 0.15) is 37.5 Å². The van der Waals surface area contributed by atoms with Crippen LogP contribution in [0.3, 0.4) is 0 Å². The van der Waals surface area contributed by atoms with Gasteiger partial charge in [0.15, 0.2) is 0 Å². The zero-order valence-electron chi connectivity index (χ0n) is 12.4. The van der Waals surface area contributed by atoms with E-state index in [0.717, 1.165) is 11.5 Å². The van der Waals surface area contributed by atoms with Gasteiger partial charge in [0.2, 0.25) is 0 Å². The van der Waals surface area contributed by atoms with Crippen molar-refractivity contribution < 1.29 is 4.74 Å². The molecule has 0 amide bonds. The fourth-order valence-electron chi connectivity index (χ4n) is 2.25. The van der Waals surface area contributed by atoms with Crippen molar-refractivity contribution >= 4 is 0 Å². The molecule has 0 aliphatic rings. The van der Waals surface area contributed by atoms with Crippen molar-refractivity contribution in [1.82, 2.24) is 0 Å². The molecule has 19 heavy (non-hydrogen) atoms. The third kappa shape index (κ3) is 2.98. The summed E-state index contributed by atoms with van der Waals surface area (Å²) < 4.78 is 6.20. The highest BCUT2D eigenvalue weighted by Gasteiger charge is 2.19. The predicted octanol–water partition coefficient (Wildman–Crippen LogP) is 5.39. The predicted molar refractivity (Wildman–Crippen MR) is 81.1 cm³/mol. The van der Waals surface area contributed by atoms with E-state index in [4.69, 9.17) is 4.74 Å². The van der Waals surface area contributed by atoms with Gasteiger partial charge in [0.1, 0.15) is 11.5 Å². The van der Waals surface area contributed by atoms with E-state index in [2.05, 4.69) is 65.0 Å². The standard InChI is InChI=1S/C18H22O/c1-13-9-8-10-14(2)17(13)19-16-12-7-6-11-15(16)18(3,4)5/h6-12H,1-5H3. The number of para-hydroxylation sites is 2. The van der Waals surface area contributed by atoms with Crippen LogP contribution < -0.4 is 4.74 Å². The fraction of sp³-hybridized carbons (Fsp3) is 0.333. The number of rotatable bonds is 2. The van der Waals surface area contributed by atoms with Crippen molar-refractivity contribution in [2.24, 2.45) is 0 Å².